The topological polar surface area (TPSA) is 135 Å². The van der Waals surface area contributed by atoms with Crippen molar-refractivity contribution >= 4 is 38.5 Å². The number of nitrogens with one attached hydrogen (secondary N) is 2. The summed E-state index contributed by atoms with van der Waals surface area (Å²) in [7, 11) is -4.04. The zero-order valence-electron chi connectivity index (χ0n) is 27.0. The summed E-state index contributed by atoms with van der Waals surface area (Å²) in [5.74, 6) is -1.26. The molecule has 1 aromatic heterocycles. The number of amides is 3. The number of allylic oxidation sites excluding steroid dienone is 1. The second-order valence-electron chi connectivity index (χ2n) is 13.8. The van der Waals surface area contributed by atoms with Crippen molar-refractivity contribution in [2.75, 3.05) is 6.54 Å². The lowest BCUT2D eigenvalue weighted by atomic mass is 10.1. The smallest absolute Gasteiger partial charge is 0.259 e. The maximum Gasteiger partial charge on any atom is 0.259 e. The van der Waals surface area contributed by atoms with Crippen LogP contribution in [-0.2, 0) is 30.8 Å². The Hall–Kier alpha value is -4.25. The van der Waals surface area contributed by atoms with Gasteiger partial charge in [0.15, 0.2) is 0 Å². The molecule has 4 aliphatic rings. The molecule has 3 aromatic rings. The van der Waals surface area contributed by atoms with E-state index in [1.807, 2.05) is 72.8 Å². The molecule has 2 aromatic carbocycles. The van der Waals surface area contributed by atoms with E-state index in [1.165, 1.54) is 0 Å². The molecule has 3 heterocycles. The van der Waals surface area contributed by atoms with Crippen LogP contribution in [0.3, 0.4) is 0 Å². The standard InChI is InChI=1S/C37H42N4O6S/c42-32-17-9-4-2-1-3-8-15-28-24-37(28,35(44)40-48(45,46)36(19-20-36)23-26-12-6-5-7-13-26)39-33(43)31-22-29(25-41(31)32)47-34-30-16-11-10-14-27(30)18-21-38-34/h5-8,10-16,18,21,28-29,31H,1-4,9,17,19-20,22-25H2,(H,39,43)(H,40,44). The molecule has 4 unspecified atom stereocenters. The minimum absolute atomic E-state index is 0.134. The highest BCUT2D eigenvalue weighted by Gasteiger charge is 2.63. The minimum atomic E-state index is -4.04. The first-order valence-electron chi connectivity index (χ1n) is 17.1. The van der Waals surface area contributed by atoms with E-state index in [1.54, 1.807) is 11.1 Å². The first kappa shape index (κ1) is 32.3. The number of aromatic nitrogens is 1. The van der Waals surface area contributed by atoms with Gasteiger partial charge in [-0.05, 0) is 68.0 Å². The van der Waals surface area contributed by atoms with Gasteiger partial charge in [-0.3, -0.25) is 19.1 Å². The SMILES string of the molecule is O=C1NC2(C(=O)NS(=O)(=O)C3(Cc4ccccc4)CC3)CC2C=CCCCCCCC(=O)N2CC(Oc3nccc4ccccc34)CC12. The molecule has 2 aliphatic carbocycles. The molecule has 1 saturated heterocycles. The van der Waals surface area contributed by atoms with Crippen LogP contribution < -0.4 is 14.8 Å². The predicted octanol–water partition coefficient (Wildman–Crippen LogP) is 4.59. The summed E-state index contributed by atoms with van der Waals surface area (Å²) in [5.41, 5.74) is -0.531. The van der Waals surface area contributed by atoms with Crippen LogP contribution in [-0.4, -0.2) is 65.0 Å². The number of rotatable bonds is 7. The van der Waals surface area contributed by atoms with Gasteiger partial charge in [0.1, 0.15) is 17.7 Å². The molecule has 7 rings (SSSR count). The molecule has 2 N–H and O–H groups in total. The van der Waals surface area contributed by atoms with Gasteiger partial charge in [-0.1, -0.05) is 73.5 Å². The lowest BCUT2D eigenvalue weighted by Crippen LogP contribution is -2.57. The molecule has 252 valence electrons. The third kappa shape index (κ3) is 6.44. The van der Waals surface area contributed by atoms with Gasteiger partial charge in [-0.25, -0.2) is 13.4 Å². The molecule has 2 aliphatic heterocycles. The molecule has 48 heavy (non-hydrogen) atoms. The first-order chi connectivity index (χ1) is 23.2. The van der Waals surface area contributed by atoms with Crippen LogP contribution in [0.1, 0.15) is 69.8 Å². The van der Waals surface area contributed by atoms with Gasteiger partial charge in [-0.15, -0.1) is 0 Å². The Bertz CT molecular complexity index is 1840. The van der Waals surface area contributed by atoms with Crippen molar-refractivity contribution in [2.24, 2.45) is 5.92 Å². The zero-order valence-corrected chi connectivity index (χ0v) is 27.8. The van der Waals surface area contributed by atoms with Gasteiger partial charge in [0.25, 0.3) is 5.91 Å². The van der Waals surface area contributed by atoms with E-state index in [2.05, 4.69) is 15.0 Å². The second kappa shape index (κ2) is 13.0. The van der Waals surface area contributed by atoms with Crippen molar-refractivity contribution in [1.29, 1.82) is 0 Å². The van der Waals surface area contributed by atoms with Gasteiger partial charge < -0.3 is 15.0 Å². The number of carbonyl (C=O) groups is 3. The molecular weight excluding hydrogens is 628 g/mol. The van der Waals surface area contributed by atoms with Crippen LogP contribution >= 0.6 is 0 Å². The maximum atomic E-state index is 14.1. The van der Waals surface area contributed by atoms with E-state index in [0.29, 0.717) is 31.6 Å². The first-order valence-corrected chi connectivity index (χ1v) is 18.6. The molecule has 0 spiro atoms. The van der Waals surface area contributed by atoms with Crippen LogP contribution in [0, 0.1) is 5.92 Å². The van der Waals surface area contributed by atoms with Crippen molar-refractivity contribution in [1.82, 2.24) is 19.9 Å². The fourth-order valence-electron chi connectivity index (χ4n) is 7.30. The summed E-state index contributed by atoms with van der Waals surface area (Å²) in [6, 6.07) is 18.2. The number of hydrogen-bond acceptors (Lipinski definition) is 7. The molecule has 2 saturated carbocycles. The number of carbonyl (C=O) groups excluding carboxylic acids is 3. The van der Waals surface area contributed by atoms with E-state index in [-0.39, 0.29) is 31.2 Å². The Labute approximate surface area is 281 Å². The maximum absolute atomic E-state index is 14.1. The zero-order chi connectivity index (χ0) is 33.4. The summed E-state index contributed by atoms with van der Waals surface area (Å²) in [5, 5.41) is 4.76. The van der Waals surface area contributed by atoms with Gasteiger partial charge in [0.05, 0.1) is 11.3 Å². The second-order valence-corrected chi connectivity index (χ2v) is 15.9. The van der Waals surface area contributed by atoms with E-state index in [4.69, 9.17) is 4.74 Å². The van der Waals surface area contributed by atoms with Gasteiger partial charge >= 0.3 is 0 Å². The summed E-state index contributed by atoms with van der Waals surface area (Å²) < 4.78 is 35.1. The minimum Gasteiger partial charge on any atom is -0.472 e. The fraction of sp³-hybridized carbons (Fsp3) is 0.459. The van der Waals surface area contributed by atoms with Crippen molar-refractivity contribution in [3.8, 4) is 5.88 Å². The fourth-order valence-corrected chi connectivity index (χ4v) is 8.94. The number of fused-ring (bicyclic) bond motifs is 3. The van der Waals surface area contributed by atoms with Crippen LogP contribution in [0.15, 0.2) is 79.0 Å². The van der Waals surface area contributed by atoms with Gasteiger partial charge in [-0.2, -0.15) is 0 Å². The van der Waals surface area contributed by atoms with Crippen LogP contribution in [0.4, 0.5) is 0 Å². The van der Waals surface area contributed by atoms with E-state index >= 15 is 0 Å². The number of nitrogens with zero attached hydrogens (tertiary/aromatic N) is 2. The Balaban J connectivity index is 1.12. The summed E-state index contributed by atoms with van der Waals surface area (Å²) in [4.78, 5) is 47.7. The van der Waals surface area contributed by atoms with Crippen LogP contribution in [0.25, 0.3) is 10.8 Å². The van der Waals surface area contributed by atoms with Crippen molar-refractivity contribution < 1.29 is 27.5 Å². The van der Waals surface area contributed by atoms with E-state index in [0.717, 1.165) is 48.4 Å². The number of sulfonamides is 1. The van der Waals surface area contributed by atoms with E-state index < -0.39 is 44.3 Å². The Kier molecular flexibility index (Phi) is 8.74. The van der Waals surface area contributed by atoms with Crippen LogP contribution in [0.5, 0.6) is 5.88 Å². The predicted molar refractivity (Wildman–Crippen MR) is 181 cm³/mol. The summed E-state index contributed by atoms with van der Waals surface area (Å²) >= 11 is 0. The van der Waals surface area contributed by atoms with Crippen LogP contribution in [0.2, 0.25) is 0 Å². The highest BCUT2D eigenvalue weighted by molar-refractivity contribution is 7.91. The quantitative estimate of drug-likeness (QED) is 0.351. The monoisotopic (exact) mass is 670 g/mol. The van der Waals surface area contributed by atoms with E-state index in [9.17, 15) is 22.8 Å². The highest BCUT2D eigenvalue weighted by atomic mass is 32.2. The average Bonchev–Trinajstić information content (AvgIpc) is 3.97. The number of ether oxygens (including phenoxy) is 1. The number of benzene rings is 2. The van der Waals surface area contributed by atoms with Gasteiger partial charge in [0, 0.05) is 30.3 Å². The average molecular weight is 671 g/mol. The van der Waals surface area contributed by atoms with Gasteiger partial charge in [0.2, 0.25) is 27.7 Å². The Morgan fingerprint density at radius 1 is 1.00 bits per heavy atom. The lowest BCUT2D eigenvalue weighted by Gasteiger charge is -2.27. The van der Waals surface area contributed by atoms with Crippen molar-refractivity contribution in [2.45, 2.75) is 93.1 Å². The third-order valence-corrected chi connectivity index (χ3v) is 12.6. The molecule has 4 atom stereocenters. The highest BCUT2D eigenvalue weighted by Crippen LogP contribution is 2.49. The molecule has 11 heteroatoms. The molecule has 3 fully saturated rings. The normalized spacial score (nSPS) is 27.2. The number of hydrogen-bond donors (Lipinski definition) is 2. The molecule has 0 bridgehead atoms. The summed E-state index contributed by atoms with van der Waals surface area (Å²) in [6.07, 6.45) is 11.5. The Morgan fingerprint density at radius 2 is 1.77 bits per heavy atom. The molecule has 3 amide bonds. The number of pyridine rings is 1. The third-order valence-electron chi connectivity index (χ3n) is 10.4. The molecular formula is C37H42N4O6S. The molecule has 0 radical (unpaired) electrons. The summed E-state index contributed by atoms with van der Waals surface area (Å²) in [6.45, 7) is 0.209. The lowest BCUT2D eigenvalue weighted by molar-refractivity contribution is -0.139. The Morgan fingerprint density at radius 3 is 2.58 bits per heavy atom. The van der Waals surface area contributed by atoms with Crippen molar-refractivity contribution in [3.05, 3.63) is 84.6 Å². The largest absolute Gasteiger partial charge is 0.472 e. The molecule has 10 nitrogen and oxygen atoms in total. The van der Waals surface area contributed by atoms with Crippen molar-refractivity contribution in [3.63, 3.8) is 0 Å².